The van der Waals surface area contributed by atoms with Crippen LogP contribution in [-0.2, 0) is 0 Å². The maximum Gasteiger partial charge on any atom is 0.0704 e. The Kier molecular flexibility index (Phi) is 3.19. The van der Waals surface area contributed by atoms with Crippen molar-refractivity contribution in [2.45, 2.75) is 44.1 Å². The van der Waals surface area contributed by atoms with E-state index >= 15 is 0 Å². The van der Waals surface area contributed by atoms with Gasteiger partial charge >= 0.3 is 0 Å². The number of hydrogen-bond acceptors (Lipinski definition) is 2. The van der Waals surface area contributed by atoms with E-state index in [9.17, 15) is 0 Å². The van der Waals surface area contributed by atoms with Gasteiger partial charge in [-0.25, -0.2) is 0 Å². The fourth-order valence-corrected chi connectivity index (χ4v) is 3.64. The molecule has 0 amide bonds. The van der Waals surface area contributed by atoms with Crippen molar-refractivity contribution in [2.24, 2.45) is 5.92 Å². The van der Waals surface area contributed by atoms with Gasteiger partial charge in [0.15, 0.2) is 0 Å². The Morgan fingerprint density at radius 3 is 2.95 bits per heavy atom. The molecule has 2 fully saturated rings. The van der Waals surface area contributed by atoms with Crippen LogP contribution in [-0.4, -0.2) is 17.6 Å². The third kappa shape index (κ3) is 2.45. The van der Waals surface area contributed by atoms with Crippen molar-refractivity contribution in [2.75, 3.05) is 6.54 Å². The Labute approximate surface area is 120 Å². The van der Waals surface area contributed by atoms with Crippen molar-refractivity contribution < 1.29 is 0 Å². The molecule has 2 nitrogen and oxygen atoms in total. The monoisotopic (exact) mass is 266 g/mol. The van der Waals surface area contributed by atoms with Gasteiger partial charge in [-0.1, -0.05) is 24.6 Å². The van der Waals surface area contributed by atoms with Gasteiger partial charge in [0.25, 0.3) is 0 Å². The van der Waals surface area contributed by atoms with Crippen molar-refractivity contribution >= 4 is 10.9 Å². The summed E-state index contributed by atoms with van der Waals surface area (Å²) >= 11 is 0. The Hall–Kier alpha value is -1.41. The van der Waals surface area contributed by atoms with E-state index in [0.717, 1.165) is 23.4 Å². The van der Waals surface area contributed by atoms with Gasteiger partial charge in [0.05, 0.1) is 5.52 Å². The summed E-state index contributed by atoms with van der Waals surface area (Å²) < 4.78 is 0. The molecule has 0 spiro atoms. The molecule has 0 aliphatic heterocycles. The molecule has 0 saturated heterocycles. The second-order valence-electron chi connectivity index (χ2n) is 6.44. The molecule has 1 aromatic heterocycles. The number of fused-ring (bicyclic) bond motifs is 1. The lowest BCUT2D eigenvalue weighted by molar-refractivity contribution is 0.443. The number of aromatic nitrogens is 1. The van der Waals surface area contributed by atoms with Gasteiger partial charge in [0, 0.05) is 17.6 Å². The predicted molar refractivity (Wildman–Crippen MR) is 82.8 cm³/mol. The lowest BCUT2D eigenvalue weighted by Gasteiger charge is -2.21. The van der Waals surface area contributed by atoms with Crippen LogP contribution in [0.1, 0.15) is 43.6 Å². The summed E-state index contributed by atoms with van der Waals surface area (Å²) in [6.45, 7) is 1.20. The molecule has 1 heterocycles. The lowest BCUT2D eigenvalue weighted by atomic mass is 9.88. The average molecular weight is 266 g/mol. The highest BCUT2D eigenvalue weighted by molar-refractivity contribution is 5.79. The second-order valence-corrected chi connectivity index (χ2v) is 6.44. The minimum Gasteiger partial charge on any atom is -0.314 e. The molecule has 2 heteroatoms. The van der Waals surface area contributed by atoms with E-state index in [2.05, 4.69) is 34.6 Å². The SMILES string of the molecule is c1cnc2cc(C3CCCC3CNC3CC3)ccc2c1. The Balaban J connectivity index is 1.56. The lowest BCUT2D eigenvalue weighted by Crippen LogP contribution is -2.26. The minimum absolute atomic E-state index is 0.729. The van der Waals surface area contributed by atoms with E-state index in [1.54, 1.807) is 0 Å². The first kappa shape index (κ1) is 12.3. The number of benzene rings is 1. The van der Waals surface area contributed by atoms with Crippen molar-refractivity contribution in [1.29, 1.82) is 0 Å². The van der Waals surface area contributed by atoms with Gasteiger partial charge in [-0.2, -0.15) is 0 Å². The van der Waals surface area contributed by atoms with Gasteiger partial charge in [0.2, 0.25) is 0 Å². The third-order valence-electron chi connectivity index (χ3n) is 4.96. The topological polar surface area (TPSA) is 24.9 Å². The summed E-state index contributed by atoms with van der Waals surface area (Å²) in [5.74, 6) is 1.55. The zero-order chi connectivity index (χ0) is 13.4. The summed E-state index contributed by atoms with van der Waals surface area (Å²) in [5, 5.41) is 4.97. The molecule has 2 saturated carbocycles. The van der Waals surface area contributed by atoms with Crippen LogP contribution >= 0.6 is 0 Å². The van der Waals surface area contributed by atoms with Gasteiger partial charge in [-0.05, 0) is 61.8 Å². The summed E-state index contributed by atoms with van der Waals surface area (Å²) in [5.41, 5.74) is 2.64. The van der Waals surface area contributed by atoms with Crippen molar-refractivity contribution in [3.63, 3.8) is 0 Å². The maximum atomic E-state index is 4.51. The standard InChI is InChI=1S/C18H22N2/c1-3-15(12-20-16-8-9-16)17(5-1)14-7-6-13-4-2-10-19-18(13)11-14/h2,4,6-7,10-11,15-17,20H,1,3,5,8-9,12H2. The Morgan fingerprint density at radius 2 is 2.05 bits per heavy atom. The number of hydrogen-bond donors (Lipinski definition) is 1. The molecule has 104 valence electrons. The van der Waals surface area contributed by atoms with Crippen molar-refractivity contribution in [3.8, 4) is 0 Å². The molecule has 0 radical (unpaired) electrons. The van der Waals surface area contributed by atoms with E-state index in [-0.39, 0.29) is 0 Å². The molecular formula is C18H22N2. The van der Waals surface area contributed by atoms with Crippen LogP contribution < -0.4 is 5.32 Å². The first-order chi connectivity index (χ1) is 9.90. The van der Waals surface area contributed by atoms with Crippen LogP contribution in [0.25, 0.3) is 10.9 Å². The van der Waals surface area contributed by atoms with Crippen LogP contribution in [0.4, 0.5) is 0 Å². The van der Waals surface area contributed by atoms with E-state index in [4.69, 9.17) is 0 Å². The first-order valence-corrected chi connectivity index (χ1v) is 7.98. The molecule has 0 bridgehead atoms. The second kappa shape index (κ2) is 5.17. The molecule has 2 aliphatic rings. The molecule has 20 heavy (non-hydrogen) atoms. The van der Waals surface area contributed by atoms with Crippen LogP contribution in [0.5, 0.6) is 0 Å². The number of nitrogens with zero attached hydrogens (tertiary/aromatic N) is 1. The number of nitrogens with one attached hydrogen (secondary N) is 1. The molecule has 4 rings (SSSR count). The minimum atomic E-state index is 0.729. The Bertz CT molecular complexity index is 603. The molecule has 1 N–H and O–H groups in total. The zero-order valence-electron chi connectivity index (χ0n) is 11.9. The molecular weight excluding hydrogens is 244 g/mol. The molecule has 2 atom stereocenters. The quantitative estimate of drug-likeness (QED) is 0.908. The number of pyridine rings is 1. The van der Waals surface area contributed by atoms with E-state index in [1.165, 1.54) is 49.6 Å². The van der Waals surface area contributed by atoms with E-state index in [0.29, 0.717) is 0 Å². The van der Waals surface area contributed by atoms with Gasteiger partial charge in [-0.3, -0.25) is 4.98 Å². The fourth-order valence-electron chi connectivity index (χ4n) is 3.64. The highest BCUT2D eigenvalue weighted by Gasteiger charge is 2.30. The summed E-state index contributed by atoms with van der Waals surface area (Å²) in [6.07, 6.45) is 8.77. The van der Waals surface area contributed by atoms with Gasteiger partial charge in [-0.15, -0.1) is 0 Å². The zero-order valence-corrected chi connectivity index (χ0v) is 11.9. The normalized spacial score (nSPS) is 26.2. The summed E-state index contributed by atoms with van der Waals surface area (Å²) in [4.78, 5) is 4.51. The molecule has 2 aliphatic carbocycles. The number of rotatable bonds is 4. The van der Waals surface area contributed by atoms with E-state index in [1.807, 2.05) is 12.3 Å². The maximum absolute atomic E-state index is 4.51. The van der Waals surface area contributed by atoms with Crippen LogP contribution in [0, 0.1) is 5.92 Å². The molecule has 2 aromatic rings. The van der Waals surface area contributed by atoms with E-state index < -0.39 is 0 Å². The predicted octanol–water partition coefficient (Wildman–Crippen LogP) is 3.87. The highest BCUT2D eigenvalue weighted by Crippen LogP contribution is 2.40. The largest absolute Gasteiger partial charge is 0.314 e. The third-order valence-corrected chi connectivity index (χ3v) is 4.96. The van der Waals surface area contributed by atoms with Gasteiger partial charge in [0.1, 0.15) is 0 Å². The highest BCUT2D eigenvalue weighted by atomic mass is 14.9. The van der Waals surface area contributed by atoms with Crippen LogP contribution in [0.3, 0.4) is 0 Å². The Morgan fingerprint density at radius 1 is 1.10 bits per heavy atom. The fraction of sp³-hybridized carbons (Fsp3) is 0.500. The average Bonchev–Trinajstić information content (AvgIpc) is 3.21. The van der Waals surface area contributed by atoms with Crippen LogP contribution in [0.2, 0.25) is 0 Å². The summed E-state index contributed by atoms with van der Waals surface area (Å²) in [7, 11) is 0. The first-order valence-electron chi connectivity index (χ1n) is 7.98. The molecule has 1 aromatic carbocycles. The van der Waals surface area contributed by atoms with Crippen molar-refractivity contribution in [1.82, 2.24) is 10.3 Å². The summed E-state index contributed by atoms with van der Waals surface area (Å²) in [6, 6.07) is 11.9. The van der Waals surface area contributed by atoms with Crippen molar-refractivity contribution in [3.05, 3.63) is 42.1 Å². The smallest absolute Gasteiger partial charge is 0.0704 e. The molecule has 2 unspecified atom stereocenters. The van der Waals surface area contributed by atoms with Gasteiger partial charge < -0.3 is 5.32 Å². The van der Waals surface area contributed by atoms with Crippen LogP contribution in [0.15, 0.2) is 36.5 Å².